The number of hydrogen-bond donors (Lipinski definition) is 1. The van der Waals surface area contributed by atoms with Gasteiger partial charge >= 0.3 is 0 Å². The molecule has 19 heavy (non-hydrogen) atoms. The normalized spacial score (nSPS) is 22.1. The zero-order chi connectivity index (χ0) is 14.0. The van der Waals surface area contributed by atoms with Crippen molar-refractivity contribution in [2.75, 3.05) is 20.2 Å². The van der Waals surface area contributed by atoms with Crippen LogP contribution in [0.3, 0.4) is 0 Å². The van der Waals surface area contributed by atoms with Crippen molar-refractivity contribution in [3.63, 3.8) is 0 Å². The molecule has 1 fully saturated rings. The Bertz CT molecular complexity index is 441. The average molecular weight is 261 g/mol. The summed E-state index contributed by atoms with van der Waals surface area (Å²) in [5, 5.41) is 9.27. The van der Waals surface area contributed by atoms with Crippen LogP contribution in [-0.4, -0.2) is 36.1 Å². The standard InChI is InChI=1S/C16H23NO2/c1-16(2,11-18)10-17(3)15(19)14-9-13(14)12-7-5-4-6-8-12/h4-8,13-14,18H,9-11H2,1-3H3/t13-,14+/m1/s1. The number of carbonyl (C=O) groups is 1. The molecular formula is C16H23NO2. The van der Waals surface area contributed by atoms with E-state index < -0.39 is 0 Å². The first-order valence-corrected chi connectivity index (χ1v) is 6.85. The minimum atomic E-state index is -0.235. The van der Waals surface area contributed by atoms with Crippen molar-refractivity contribution in [3.8, 4) is 0 Å². The van der Waals surface area contributed by atoms with E-state index >= 15 is 0 Å². The number of hydrogen-bond acceptors (Lipinski definition) is 2. The third-order valence-corrected chi connectivity index (χ3v) is 3.80. The van der Waals surface area contributed by atoms with Gasteiger partial charge in [0.05, 0.1) is 0 Å². The number of benzene rings is 1. The molecule has 0 radical (unpaired) electrons. The van der Waals surface area contributed by atoms with Gasteiger partial charge in [-0.1, -0.05) is 44.2 Å². The van der Waals surface area contributed by atoms with Crippen molar-refractivity contribution in [1.82, 2.24) is 4.90 Å². The van der Waals surface area contributed by atoms with Gasteiger partial charge in [0.15, 0.2) is 0 Å². The molecule has 0 spiro atoms. The topological polar surface area (TPSA) is 40.5 Å². The Morgan fingerprint density at radius 2 is 2.00 bits per heavy atom. The zero-order valence-electron chi connectivity index (χ0n) is 12.0. The molecule has 1 aliphatic rings. The van der Waals surface area contributed by atoms with Crippen LogP contribution in [0.15, 0.2) is 30.3 Å². The number of nitrogens with zero attached hydrogens (tertiary/aromatic N) is 1. The maximum Gasteiger partial charge on any atom is 0.226 e. The molecule has 0 saturated heterocycles. The summed E-state index contributed by atoms with van der Waals surface area (Å²) < 4.78 is 0. The Hall–Kier alpha value is -1.35. The lowest BCUT2D eigenvalue weighted by atomic mass is 9.94. The lowest BCUT2D eigenvalue weighted by molar-refractivity contribution is -0.132. The Morgan fingerprint density at radius 1 is 1.37 bits per heavy atom. The molecule has 1 saturated carbocycles. The van der Waals surface area contributed by atoms with Gasteiger partial charge in [0.2, 0.25) is 5.91 Å². The number of rotatable bonds is 5. The molecule has 104 valence electrons. The van der Waals surface area contributed by atoms with E-state index in [4.69, 9.17) is 0 Å². The predicted octanol–water partition coefficient (Wildman–Crippen LogP) is 2.27. The van der Waals surface area contributed by atoms with Gasteiger partial charge in [-0.05, 0) is 17.9 Å². The maximum atomic E-state index is 12.3. The molecule has 0 bridgehead atoms. The summed E-state index contributed by atoms with van der Waals surface area (Å²) in [7, 11) is 1.83. The number of aliphatic hydroxyl groups excluding tert-OH is 1. The van der Waals surface area contributed by atoms with E-state index in [1.165, 1.54) is 5.56 Å². The Balaban J connectivity index is 1.92. The van der Waals surface area contributed by atoms with Crippen LogP contribution in [0.5, 0.6) is 0 Å². The van der Waals surface area contributed by atoms with Gasteiger partial charge in [0.25, 0.3) is 0 Å². The van der Waals surface area contributed by atoms with Crippen molar-refractivity contribution in [3.05, 3.63) is 35.9 Å². The Labute approximate surface area is 115 Å². The summed E-state index contributed by atoms with van der Waals surface area (Å²) in [6, 6.07) is 10.2. The van der Waals surface area contributed by atoms with Crippen LogP contribution >= 0.6 is 0 Å². The molecule has 2 atom stereocenters. The second-order valence-corrected chi connectivity index (χ2v) is 6.38. The summed E-state index contributed by atoms with van der Waals surface area (Å²) in [4.78, 5) is 14.1. The van der Waals surface area contributed by atoms with E-state index in [9.17, 15) is 9.90 Å². The van der Waals surface area contributed by atoms with Gasteiger partial charge in [-0.15, -0.1) is 0 Å². The van der Waals surface area contributed by atoms with E-state index in [1.807, 2.05) is 39.1 Å². The molecule has 1 aromatic rings. The largest absolute Gasteiger partial charge is 0.396 e. The third-order valence-electron chi connectivity index (χ3n) is 3.80. The third kappa shape index (κ3) is 3.35. The number of carbonyl (C=O) groups excluding carboxylic acids is 1. The van der Waals surface area contributed by atoms with Gasteiger partial charge in [-0.25, -0.2) is 0 Å². The fraction of sp³-hybridized carbons (Fsp3) is 0.562. The van der Waals surface area contributed by atoms with Crippen molar-refractivity contribution in [2.24, 2.45) is 11.3 Å². The van der Waals surface area contributed by atoms with E-state index in [0.29, 0.717) is 12.5 Å². The average Bonchev–Trinajstić information content (AvgIpc) is 3.18. The van der Waals surface area contributed by atoms with Crippen LogP contribution in [0.2, 0.25) is 0 Å². The molecule has 3 heteroatoms. The number of aliphatic hydroxyl groups is 1. The van der Waals surface area contributed by atoms with Crippen LogP contribution in [0.25, 0.3) is 0 Å². The highest BCUT2D eigenvalue weighted by Crippen LogP contribution is 2.48. The van der Waals surface area contributed by atoms with Gasteiger partial charge in [0, 0.05) is 31.5 Å². The fourth-order valence-electron chi connectivity index (χ4n) is 2.59. The molecule has 0 unspecified atom stereocenters. The summed E-state index contributed by atoms with van der Waals surface area (Å²) in [5.41, 5.74) is 1.03. The molecule has 3 nitrogen and oxygen atoms in total. The first-order valence-electron chi connectivity index (χ1n) is 6.85. The highest BCUT2D eigenvalue weighted by Gasteiger charge is 2.45. The highest BCUT2D eigenvalue weighted by molar-refractivity contribution is 5.82. The first kappa shape index (κ1) is 14.1. The van der Waals surface area contributed by atoms with Crippen LogP contribution in [0.1, 0.15) is 31.7 Å². The quantitative estimate of drug-likeness (QED) is 0.883. The van der Waals surface area contributed by atoms with Crippen LogP contribution < -0.4 is 0 Å². The van der Waals surface area contributed by atoms with E-state index in [-0.39, 0.29) is 23.8 Å². The monoisotopic (exact) mass is 261 g/mol. The van der Waals surface area contributed by atoms with Gasteiger partial charge < -0.3 is 10.0 Å². The molecule has 1 amide bonds. The van der Waals surface area contributed by atoms with Crippen LogP contribution in [0, 0.1) is 11.3 Å². The summed E-state index contributed by atoms with van der Waals surface area (Å²) in [6.07, 6.45) is 0.951. The van der Waals surface area contributed by atoms with Crippen molar-refractivity contribution in [1.29, 1.82) is 0 Å². The second-order valence-electron chi connectivity index (χ2n) is 6.38. The minimum absolute atomic E-state index is 0.0946. The smallest absolute Gasteiger partial charge is 0.226 e. The molecule has 0 aliphatic heterocycles. The van der Waals surface area contributed by atoms with E-state index in [0.717, 1.165) is 6.42 Å². The van der Waals surface area contributed by atoms with Crippen molar-refractivity contribution < 1.29 is 9.90 Å². The van der Waals surface area contributed by atoms with Crippen molar-refractivity contribution in [2.45, 2.75) is 26.2 Å². The fourth-order valence-corrected chi connectivity index (χ4v) is 2.59. The van der Waals surface area contributed by atoms with Gasteiger partial charge in [0.1, 0.15) is 0 Å². The minimum Gasteiger partial charge on any atom is -0.396 e. The Morgan fingerprint density at radius 3 is 2.58 bits per heavy atom. The summed E-state index contributed by atoms with van der Waals surface area (Å²) in [6.45, 7) is 4.63. The van der Waals surface area contributed by atoms with Crippen molar-refractivity contribution >= 4 is 5.91 Å². The summed E-state index contributed by atoms with van der Waals surface area (Å²) in [5.74, 6) is 0.714. The van der Waals surface area contributed by atoms with Gasteiger partial charge in [-0.2, -0.15) is 0 Å². The Kier molecular flexibility index (Phi) is 3.95. The zero-order valence-corrected chi connectivity index (χ0v) is 12.0. The molecule has 0 aromatic heterocycles. The lowest BCUT2D eigenvalue weighted by Gasteiger charge is -2.28. The SMILES string of the molecule is CN(CC(C)(C)CO)C(=O)[C@H]1C[C@@H]1c1ccccc1. The van der Waals surface area contributed by atoms with Crippen LogP contribution in [0.4, 0.5) is 0 Å². The molecular weight excluding hydrogens is 238 g/mol. The number of amides is 1. The van der Waals surface area contributed by atoms with Gasteiger partial charge in [-0.3, -0.25) is 4.79 Å². The molecule has 1 aromatic carbocycles. The molecule has 1 N–H and O–H groups in total. The first-order chi connectivity index (χ1) is 8.94. The molecule has 0 heterocycles. The lowest BCUT2D eigenvalue weighted by Crippen LogP contribution is -2.38. The molecule has 1 aliphatic carbocycles. The van der Waals surface area contributed by atoms with E-state index in [2.05, 4.69) is 12.1 Å². The highest BCUT2D eigenvalue weighted by atomic mass is 16.3. The summed E-state index contributed by atoms with van der Waals surface area (Å²) >= 11 is 0. The molecule has 2 rings (SSSR count). The predicted molar refractivity (Wildman–Crippen MR) is 75.8 cm³/mol. The maximum absolute atomic E-state index is 12.3. The van der Waals surface area contributed by atoms with E-state index in [1.54, 1.807) is 4.90 Å². The van der Waals surface area contributed by atoms with Crippen LogP contribution in [-0.2, 0) is 4.79 Å². The second kappa shape index (κ2) is 5.33.